The predicted octanol–water partition coefficient (Wildman–Crippen LogP) is 3.42. The molecule has 1 aromatic heterocycles. The van der Waals surface area contributed by atoms with Crippen molar-refractivity contribution in [2.75, 3.05) is 19.7 Å². The Morgan fingerprint density at radius 1 is 1.45 bits per heavy atom. The standard InChI is InChI=1S/C16H21BrN2O/c1-11-9-14(17)10-18-16(11)13-3-6-19(7-4-13)15-5-8-20-12(15)2/h3,9-10,12,15H,4-8H2,1-2H3/t12-,15+/m1/s1. The molecule has 3 heterocycles. The quantitative estimate of drug-likeness (QED) is 0.827. The fourth-order valence-electron chi connectivity index (χ4n) is 3.28. The van der Waals surface area contributed by atoms with Crippen LogP contribution in [0.4, 0.5) is 0 Å². The molecule has 108 valence electrons. The fourth-order valence-corrected chi connectivity index (χ4v) is 3.72. The maximum Gasteiger partial charge on any atom is 0.0703 e. The van der Waals surface area contributed by atoms with Crippen LogP contribution in [0.3, 0.4) is 0 Å². The Balaban J connectivity index is 1.73. The lowest BCUT2D eigenvalue weighted by Crippen LogP contribution is -2.42. The Morgan fingerprint density at radius 3 is 2.90 bits per heavy atom. The number of nitrogens with zero attached hydrogens (tertiary/aromatic N) is 2. The van der Waals surface area contributed by atoms with Gasteiger partial charge < -0.3 is 4.74 Å². The van der Waals surface area contributed by atoms with Crippen LogP contribution < -0.4 is 0 Å². The molecule has 4 heteroatoms. The van der Waals surface area contributed by atoms with Crippen molar-refractivity contribution in [3.05, 3.63) is 34.1 Å². The summed E-state index contributed by atoms with van der Waals surface area (Å²) in [6.45, 7) is 7.36. The van der Waals surface area contributed by atoms with Crippen molar-refractivity contribution < 1.29 is 4.74 Å². The van der Waals surface area contributed by atoms with Crippen molar-refractivity contribution in [3.63, 3.8) is 0 Å². The van der Waals surface area contributed by atoms with Gasteiger partial charge in [-0.2, -0.15) is 0 Å². The van der Waals surface area contributed by atoms with E-state index in [0.717, 1.165) is 36.3 Å². The van der Waals surface area contributed by atoms with E-state index in [0.29, 0.717) is 12.1 Å². The minimum absolute atomic E-state index is 0.373. The molecule has 0 bridgehead atoms. The van der Waals surface area contributed by atoms with E-state index in [1.54, 1.807) is 0 Å². The van der Waals surface area contributed by atoms with Gasteiger partial charge in [0.25, 0.3) is 0 Å². The number of hydrogen-bond acceptors (Lipinski definition) is 3. The van der Waals surface area contributed by atoms with E-state index in [-0.39, 0.29) is 0 Å². The molecule has 0 spiro atoms. The lowest BCUT2D eigenvalue weighted by Gasteiger charge is -2.33. The largest absolute Gasteiger partial charge is 0.377 e. The SMILES string of the molecule is Cc1cc(Br)cnc1C1=CCN([C@H]2CCO[C@@H]2C)CC1. The summed E-state index contributed by atoms with van der Waals surface area (Å²) in [6.07, 6.45) is 6.86. The normalized spacial score (nSPS) is 27.6. The van der Waals surface area contributed by atoms with Gasteiger partial charge in [-0.15, -0.1) is 0 Å². The van der Waals surface area contributed by atoms with E-state index in [9.17, 15) is 0 Å². The van der Waals surface area contributed by atoms with Gasteiger partial charge >= 0.3 is 0 Å². The summed E-state index contributed by atoms with van der Waals surface area (Å²) < 4.78 is 6.73. The van der Waals surface area contributed by atoms with E-state index in [1.165, 1.54) is 17.6 Å². The lowest BCUT2D eigenvalue weighted by molar-refractivity contribution is 0.0782. The maximum atomic E-state index is 5.68. The van der Waals surface area contributed by atoms with Crippen molar-refractivity contribution in [1.82, 2.24) is 9.88 Å². The molecule has 1 aromatic rings. The average Bonchev–Trinajstić information content (AvgIpc) is 2.85. The Bertz CT molecular complexity index is 529. The Kier molecular flexibility index (Phi) is 4.24. The molecule has 0 amide bonds. The number of aromatic nitrogens is 1. The summed E-state index contributed by atoms with van der Waals surface area (Å²) >= 11 is 3.48. The molecule has 2 atom stereocenters. The van der Waals surface area contributed by atoms with Crippen LogP contribution in [-0.2, 0) is 4.74 Å². The van der Waals surface area contributed by atoms with E-state index in [2.05, 4.69) is 51.8 Å². The Morgan fingerprint density at radius 2 is 2.30 bits per heavy atom. The van der Waals surface area contributed by atoms with Gasteiger partial charge in [0.1, 0.15) is 0 Å². The Labute approximate surface area is 129 Å². The maximum absolute atomic E-state index is 5.68. The third-order valence-electron chi connectivity index (χ3n) is 4.39. The monoisotopic (exact) mass is 336 g/mol. The molecule has 3 rings (SSSR count). The minimum atomic E-state index is 0.373. The summed E-state index contributed by atoms with van der Waals surface area (Å²) in [4.78, 5) is 7.13. The van der Waals surface area contributed by atoms with Gasteiger partial charge in [0, 0.05) is 36.4 Å². The van der Waals surface area contributed by atoms with Gasteiger partial charge in [-0.3, -0.25) is 9.88 Å². The molecule has 0 N–H and O–H groups in total. The van der Waals surface area contributed by atoms with Crippen molar-refractivity contribution in [2.24, 2.45) is 0 Å². The first-order valence-corrected chi connectivity index (χ1v) is 8.11. The zero-order valence-corrected chi connectivity index (χ0v) is 13.7. The van der Waals surface area contributed by atoms with Crippen molar-refractivity contribution in [3.8, 4) is 0 Å². The molecule has 3 nitrogen and oxygen atoms in total. The number of rotatable bonds is 2. The minimum Gasteiger partial charge on any atom is -0.377 e. The van der Waals surface area contributed by atoms with E-state index >= 15 is 0 Å². The number of aryl methyl sites for hydroxylation is 1. The summed E-state index contributed by atoms with van der Waals surface area (Å²) in [5, 5.41) is 0. The van der Waals surface area contributed by atoms with Gasteiger partial charge in [-0.25, -0.2) is 0 Å². The lowest BCUT2D eigenvalue weighted by atomic mass is 9.98. The first-order chi connectivity index (χ1) is 9.65. The third-order valence-corrected chi connectivity index (χ3v) is 4.83. The van der Waals surface area contributed by atoms with Crippen LogP contribution in [0.2, 0.25) is 0 Å². The molecule has 1 saturated heterocycles. The van der Waals surface area contributed by atoms with E-state index in [4.69, 9.17) is 4.74 Å². The fraction of sp³-hybridized carbons (Fsp3) is 0.562. The zero-order chi connectivity index (χ0) is 14.1. The molecule has 0 saturated carbocycles. The van der Waals surface area contributed by atoms with Crippen LogP contribution in [0.25, 0.3) is 5.57 Å². The first kappa shape index (κ1) is 14.2. The molecule has 0 aromatic carbocycles. The molecule has 0 unspecified atom stereocenters. The average molecular weight is 337 g/mol. The van der Waals surface area contributed by atoms with Crippen molar-refractivity contribution in [1.29, 1.82) is 0 Å². The summed E-state index contributed by atoms with van der Waals surface area (Å²) in [7, 11) is 0. The molecule has 2 aliphatic rings. The zero-order valence-electron chi connectivity index (χ0n) is 12.1. The first-order valence-electron chi connectivity index (χ1n) is 7.32. The molecular weight excluding hydrogens is 316 g/mol. The molecule has 0 radical (unpaired) electrons. The highest BCUT2D eigenvalue weighted by Gasteiger charge is 2.30. The van der Waals surface area contributed by atoms with Crippen LogP contribution in [0.5, 0.6) is 0 Å². The van der Waals surface area contributed by atoms with Crippen LogP contribution in [0.15, 0.2) is 22.8 Å². The van der Waals surface area contributed by atoms with Gasteiger partial charge in [0.15, 0.2) is 0 Å². The van der Waals surface area contributed by atoms with Crippen LogP contribution in [0.1, 0.15) is 31.0 Å². The second kappa shape index (κ2) is 5.96. The summed E-state index contributed by atoms with van der Waals surface area (Å²) in [5.41, 5.74) is 3.79. The highest BCUT2D eigenvalue weighted by atomic mass is 79.9. The second-order valence-corrected chi connectivity index (χ2v) is 6.64. The third kappa shape index (κ3) is 2.83. The molecule has 1 fully saturated rings. The molecular formula is C16H21BrN2O. The van der Waals surface area contributed by atoms with E-state index in [1.807, 2.05) is 6.20 Å². The molecule has 20 heavy (non-hydrogen) atoms. The van der Waals surface area contributed by atoms with E-state index < -0.39 is 0 Å². The number of hydrogen-bond donors (Lipinski definition) is 0. The van der Waals surface area contributed by atoms with Gasteiger partial charge in [0.2, 0.25) is 0 Å². The number of pyridine rings is 1. The van der Waals surface area contributed by atoms with Crippen molar-refractivity contribution in [2.45, 2.75) is 38.8 Å². The predicted molar refractivity (Wildman–Crippen MR) is 84.7 cm³/mol. The highest BCUT2D eigenvalue weighted by molar-refractivity contribution is 9.10. The number of halogens is 1. The van der Waals surface area contributed by atoms with Gasteiger partial charge in [-0.1, -0.05) is 6.08 Å². The van der Waals surface area contributed by atoms with Crippen LogP contribution in [-0.4, -0.2) is 41.7 Å². The van der Waals surface area contributed by atoms with Gasteiger partial charge in [0.05, 0.1) is 11.8 Å². The Hall–Kier alpha value is -0.710. The second-order valence-electron chi connectivity index (χ2n) is 5.73. The van der Waals surface area contributed by atoms with Crippen molar-refractivity contribution >= 4 is 21.5 Å². The molecule has 0 aliphatic carbocycles. The topological polar surface area (TPSA) is 25.4 Å². The van der Waals surface area contributed by atoms with Crippen LogP contribution in [0, 0.1) is 6.92 Å². The smallest absolute Gasteiger partial charge is 0.0703 e. The highest BCUT2D eigenvalue weighted by Crippen LogP contribution is 2.28. The number of ether oxygens (including phenoxy) is 1. The summed E-state index contributed by atoms with van der Waals surface area (Å²) in [6, 6.07) is 2.73. The summed E-state index contributed by atoms with van der Waals surface area (Å²) in [5.74, 6) is 0. The van der Waals surface area contributed by atoms with Gasteiger partial charge in [-0.05, 0) is 59.8 Å². The van der Waals surface area contributed by atoms with Crippen LogP contribution >= 0.6 is 15.9 Å². The molecule has 2 aliphatic heterocycles.